The van der Waals surface area contributed by atoms with Crippen LogP contribution in [0.3, 0.4) is 0 Å². The van der Waals surface area contributed by atoms with Gasteiger partial charge in [-0.15, -0.1) is 0 Å². The molecule has 2 heterocycles. The third-order valence-electron chi connectivity index (χ3n) is 3.34. The molecular weight excluding hydrogens is 258 g/mol. The van der Waals surface area contributed by atoms with Crippen molar-refractivity contribution in [1.82, 2.24) is 24.7 Å². The molecule has 1 aliphatic heterocycles. The second kappa shape index (κ2) is 7.04. The molecule has 2 rings (SSSR count). The van der Waals surface area contributed by atoms with Gasteiger partial charge in [0, 0.05) is 45.1 Å². The SMILES string of the molecule is CCNC(=O)CN1CCN(C(=O)Cn2ccnc2)CC1. The summed E-state index contributed by atoms with van der Waals surface area (Å²) in [7, 11) is 0. The average Bonchev–Trinajstić information content (AvgIpc) is 2.92. The van der Waals surface area contributed by atoms with Gasteiger partial charge in [-0.2, -0.15) is 0 Å². The highest BCUT2D eigenvalue weighted by Gasteiger charge is 2.22. The average molecular weight is 279 g/mol. The topological polar surface area (TPSA) is 70.5 Å². The van der Waals surface area contributed by atoms with Crippen LogP contribution in [0.15, 0.2) is 18.7 Å². The molecule has 1 aromatic rings. The van der Waals surface area contributed by atoms with Crippen LogP contribution in [-0.4, -0.2) is 70.4 Å². The quantitative estimate of drug-likeness (QED) is 0.763. The lowest BCUT2D eigenvalue weighted by atomic mass is 10.3. The zero-order chi connectivity index (χ0) is 14.4. The summed E-state index contributed by atoms with van der Waals surface area (Å²) in [6, 6.07) is 0. The largest absolute Gasteiger partial charge is 0.355 e. The highest BCUT2D eigenvalue weighted by molar-refractivity contribution is 5.78. The van der Waals surface area contributed by atoms with Gasteiger partial charge in [-0.1, -0.05) is 0 Å². The molecule has 0 atom stereocenters. The van der Waals surface area contributed by atoms with E-state index in [4.69, 9.17) is 0 Å². The minimum atomic E-state index is 0.0469. The molecule has 1 fully saturated rings. The second-order valence-corrected chi connectivity index (χ2v) is 4.85. The van der Waals surface area contributed by atoms with Crippen LogP contribution >= 0.6 is 0 Å². The number of amides is 2. The van der Waals surface area contributed by atoms with Gasteiger partial charge in [-0.05, 0) is 6.92 Å². The van der Waals surface area contributed by atoms with Crippen molar-refractivity contribution in [3.05, 3.63) is 18.7 Å². The molecule has 1 aromatic heterocycles. The van der Waals surface area contributed by atoms with Gasteiger partial charge in [0.2, 0.25) is 11.8 Å². The van der Waals surface area contributed by atoms with Gasteiger partial charge in [0.25, 0.3) is 0 Å². The first kappa shape index (κ1) is 14.5. The summed E-state index contributed by atoms with van der Waals surface area (Å²) in [6.07, 6.45) is 5.09. The van der Waals surface area contributed by atoms with Gasteiger partial charge in [0.15, 0.2) is 0 Å². The molecule has 0 saturated carbocycles. The first-order valence-electron chi connectivity index (χ1n) is 6.91. The van der Waals surface area contributed by atoms with Crippen LogP contribution < -0.4 is 5.32 Å². The Kier molecular flexibility index (Phi) is 5.11. The van der Waals surface area contributed by atoms with Gasteiger partial charge < -0.3 is 14.8 Å². The molecule has 0 unspecified atom stereocenters. The Labute approximate surface area is 118 Å². The van der Waals surface area contributed by atoms with E-state index in [0.29, 0.717) is 32.7 Å². The summed E-state index contributed by atoms with van der Waals surface area (Å²) in [4.78, 5) is 31.4. The van der Waals surface area contributed by atoms with E-state index < -0.39 is 0 Å². The molecule has 7 nitrogen and oxygen atoms in total. The fraction of sp³-hybridized carbons (Fsp3) is 0.615. The lowest BCUT2D eigenvalue weighted by molar-refractivity contribution is -0.133. The molecule has 1 N–H and O–H groups in total. The monoisotopic (exact) mass is 279 g/mol. The molecular formula is C13H21N5O2. The van der Waals surface area contributed by atoms with E-state index in [9.17, 15) is 9.59 Å². The molecule has 0 spiro atoms. The first-order chi connectivity index (χ1) is 9.69. The maximum absolute atomic E-state index is 12.1. The van der Waals surface area contributed by atoms with Crippen molar-refractivity contribution in [1.29, 1.82) is 0 Å². The lowest BCUT2D eigenvalue weighted by Crippen LogP contribution is -2.51. The number of nitrogens with one attached hydrogen (secondary N) is 1. The van der Waals surface area contributed by atoms with Gasteiger partial charge in [-0.3, -0.25) is 14.5 Å². The molecule has 0 aliphatic carbocycles. The predicted molar refractivity (Wildman–Crippen MR) is 73.9 cm³/mol. The van der Waals surface area contributed by atoms with Crippen LogP contribution in [0.2, 0.25) is 0 Å². The van der Waals surface area contributed by atoms with Crippen LogP contribution in [0.5, 0.6) is 0 Å². The van der Waals surface area contributed by atoms with Gasteiger partial charge >= 0.3 is 0 Å². The maximum atomic E-state index is 12.1. The second-order valence-electron chi connectivity index (χ2n) is 4.85. The summed E-state index contributed by atoms with van der Waals surface area (Å²) in [6.45, 7) is 6.14. The van der Waals surface area contributed by atoms with Crippen molar-refractivity contribution in [2.45, 2.75) is 13.5 Å². The molecule has 1 aliphatic rings. The number of piperazine rings is 1. The van der Waals surface area contributed by atoms with Gasteiger partial charge in [-0.25, -0.2) is 4.98 Å². The van der Waals surface area contributed by atoms with E-state index in [1.54, 1.807) is 23.3 Å². The van der Waals surface area contributed by atoms with Crippen molar-refractivity contribution in [3.8, 4) is 0 Å². The molecule has 2 amide bonds. The Morgan fingerprint density at radius 3 is 2.55 bits per heavy atom. The molecule has 0 radical (unpaired) electrons. The Bertz CT molecular complexity index is 438. The Morgan fingerprint density at radius 2 is 1.95 bits per heavy atom. The molecule has 0 aromatic carbocycles. The minimum absolute atomic E-state index is 0.0469. The number of hydrogen-bond donors (Lipinski definition) is 1. The predicted octanol–water partition coefficient (Wildman–Crippen LogP) is -0.837. The number of carbonyl (C=O) groups excluding carboxylic acids is 2. The van der Waals surface area contributed by atoms with E-state index in [1.807, 2.05) is 11.8 Å². The summed E-state index contributed by atoms with van der Waals surface area (Å²) < 4.78 is 1.77. The van der Waals surface area contributed by atoms with Crippen LogP contribution in [-0.2, 0) is 16.1 Å². The third kappa shape index (κ3) is 4.06. The zero-order valence-electron chi connectivity index (χ0n) is 11.8. The number of rotatable bonds is 5. The molecule has 7 heteroatoms. The zero-order valence-corrected chi connectivity index (χ0v) is 11.8. The van der Waals surface area contributed by atoms with Crippen LogP contribution in [0.1, 0.15) is 6.92 Å². The fourth-order valence-electron chi connectivity index (χ4n) is 2.25. The Morgan fingerprint density at radius 1 is 1.20 bits per heavy atom. The van der Waals surface area contributed by atoms with Crippen molar-refractivity contribution in [2.24, 2.45) is 0 Å². The normalized spacial score (nSPS) is 16.1. The van der Waals surface area contributed by atoms with Crippen LogP contribution in [0.25, 0.3) is 0 Å². The van der Waals surface area contributed by atoms with E-state index in [2.05, 4.69) is 15.2 Å². The molecule has 0 bridgehead atoms. The first-order valence-corrected chi connectivity index (χ1v) is 6.91. The summed E-state index contributed by atoms with van der Waals surface area (Å²) in [5.74, 6) is 0.145. The summed E-state index contributed by atoms with van der Waals surface area (Å²) in [5.41, 5.74) is 0. The van der Waals surface area contributed by atoms with E-state index in [-0.39, 0.29) is 11.8 Å². The van der Waals surface area contributed by atoms with Crippen molar-refractivity contribution in [3.63, 3.8) is 0 Å². The fourth-order valence-corrected chi connectivity index (χ4v) is 2.25. The van der Waals surface area contributed by atoms with Gasteiger partial charge in [0.1, 0.15) is 6.54 Å². The number of likely N-dealkylation sites (N-methyl/N-ethyl adjacent to an activating group) is 1. The minimum Gasteiger partial charge on any atom is -0.355 e. The summed E-state index contributed by atoms with van der Waals surface area (Å²) >= 11 is 0. The maximum Gasteiger partial charge on any atom is 0.242 e. The highest BCUT2D eigenvalue weighted by Crippen LogP contribution is 2.03. The highest BCUT2D eigenvalue weighted by atomic mass is 16.2. The van der Waals surface area contributed by atoms with E-state index >= 15 is 0 Å². The Balaban J connectivity index is 1.73. The van der Waals surface area contributed by atoms with E-state index in [0.717, 1.165) is 13.1 Å². The molecule has 1 saturated heterocycles. The lowest BCUT2D eigenvalue weighted by Gasteiger charge is -2.34. The van der Waals surface area contributed by atoms with Crippen molar-refractivity contribution >= 4 is 11.8 Å². The van der Waals surface area contributed by atoms with Crippen molar-refractivity contribution < 1.29 is 9.59 Å². The number of imidazole rings is 1. The van der Waals surface area contributed by atoms with Gasteiger partial charge in [0.05, 0.1) is 12.9 Å². The number of aromatic nitrogens is 2. The van der Waals surface area contributed by atoms with Crippen LogP contribution in [0.4, 0.5) is 0 Å². The Hall–Kier alpha value is -1.89. The van der Waals surface area contributed by atoms with Crippen LogP contribution in [0, 0.1) is 0 Å². The third-order valence-corrected chi connectivity index (χ3v) is 3.34. The molecule has 110 valence electrons. The van der Waals surface area contributed by atoms with E-state index in [1.165, 1.54) is 0 Å². The molecule has 20 heavy (non-hydrogen) atoms. The smallest absolute Gasteiger partial charge is 0.242 e. The van der Waals surface area contributed by atoms with Crippen molar-refractivity contribution in [2.75, 3.05) is 39.3 Å². The standard InChI is InChI=1S/C13H21N5O2/c1-2-15-12(19)9-16-5-7-18(8-6-16)13(20)10-17-4-3-14-11-17/h3-4,11H,2,5-10H2,1H3,(H,15,19). The number of carbonyl (C=O) groups is 2. The number of hydrogen-bond acceptors (Lipinski definition) is 4. The summed E-state index contributed by atoms with van der Waals surface area (Å²) in [5, 5.41) is 2.79. The number of nitrogens with zero attached hydrogens (tertiary/aromatic N) is 4.